The Balaban J connectivity index is 2.43. The van der Waals surface area contributed by atoms with Crippen molar-refractivity contribution in [2.45, 2.75) is 5.03 Å². The van der Waals surface area contributed by atoms with Crippen LogP contribution in [0, 0.1) is 0 Å². The van der Waals surface area contributed by atoms with Crippen molar-refractivity contribution in [2.24, 2.45) is 0 Å². The zero-order chi connectivity index (χ0) is 13.0. The van der Waals surface area contributed by atoms with E-state index in [4.69, 9.17) is 9.84 Å². The quantitative estimate of drug-likeness (QED) is 0.506. The third-order valence-electron chi connectivity index (χ3n) is 2.29. The first-order valence-electron chi connectivity index (χ1n) is 5.34. The van der Waals surface area contributed by atoms with Crippen molar-refractivity contribution in [3.05, 3.63) is 30.1 Å². The minimum atomic E-state index is -1.12. The van der Waals surface area contributed by atoms with Gasteiger partial charge >= 0.3 is 5.97 Å². The predicted octanol–water partition coefficient (Wildman–Crippen LogP) is 2.07. The van der Waals surface area contributed by atoms with E-state index in [2.05, 4.69) is 9.97 Å². The Morgan fingerprint density at radius 2 is 2.17 bits per heavy atom. The summed E-state index contributed by atoms with van der Waals surface area (Å²) in [5.74, 6) is -0.570. The second-order valence-corrected chi connectivity index (χ2v) is 4.60. The highest BCUT2D eigenvalue weighted by atomic mass is 32.2. The molecule has 5 nitrogen and oxygen atoms in total. The van der Waals surface area contributed by atoms with Crippen LogP contribution >= 0.6 is 11.8 Å². The minimum Gasteiger partial charge on any atom is -0.475 e. The number of rotatable bonds is 5. The van der Waals surface area contributed by atoms with Gasteiger partial charge in [0.15, 0.2) is 0 Å². The molecule has 0 atom stereocenters. The van der Waals surface area contributed by atoms with Crippen LogP contribution in [0.15, 0.2) is 29.3 Å². The van der Waals surface area contributed by atoms with Gasteiger partial charge in [-0.3, -0.25) is 0 Å². The number of thioether (sulfide) groups is 1. The van der Waals surface area contributed by atoms with Crippen molar-refractivity contribution in [2.75, 3.05) is 19.5 Å². The Labute approximate surface area is 108 Å². The molecule has 1 aromatic carbocycles. The van der Waals surface area contributed by atoms with Gasteiger partial charge in [0.2, 0.25) is 5.82 Å². The maximum absolute atomic E-state index is 11.0. The molecule has 0 radical (unpaired) electrons. The molecule has 0 aliphatic carbocycles. The molecule has 0 bridgehead atoms. The van der Waals surface area contributed by atoms with Crippen LogP contribution in [-0.4, -0.2) is 40.5 Å². The van der Waals surface area contributed by atoms with Crippen LogP contribution < -0.4 is 0 Å². The summed E-state index contributed by atoms with van der Waals surface area (Å²) in [7, 11) is 1.63. The van der Waals surface area contributed by atoms with Crippen molar-refractivity contribution >= 4 is 28.6 Å². The van der Waals surface area contributed by atoms with Crippen molar-refractivity contribution < 1.29 is 14.6 Å². The molecule has 2 aromatic rings. The van der Waals surface area contributed by atoms with E-state index >= 15 is 0 Å². The maximum Gasteiger partial charge on any atom is 0.373 e. The minimum absolute atomic E-state index is 0.173. The summed E-state index contributed by atoms with van der Waals surface area (Å²) in [4.78, 5) is 19.0. The molecule has 0 fully saturated rings. The molecular weight excluding hydrogens is 252 g/mol. The fourth-order valence-electron chi connectivity index (χ4n) is 1.47. The lowest BCUT2D eigenvalue weighted by Gasteiger charge is -2.06. The lowest BCUT2D eigenvalue weighted by atomic mass is 10.2. The van der Waals surface area contributed by atoms with Gasteiger partial charge in [-0.05, 0) is 6.07 Å². The third kappa shape index (κ3) is 2.77. The number of para-hydroxylation sites is 1. The number of aromatic nitrogens is 2. The Hall–Kier alpha value is -1.66. The van der Waals surface area contributed by atoms with E-state index in [9.17, 15) is 4.79 Å². The molecular formula is C12H12N2O3S. The summed E-state index contributed by atoms with van der Waals surface area (Å²) < 4.78 is 4.97. The van der Waals surface area contributed by atoms with Gasteiger partial charge in [-0.1, -0.05) is 18.2 Å². The summed E-state index contributed by atoms with van der Waals surface area (Å²) >= 11 is 1.47. The number of benzene rings is 1. The predicted molar refractivity (Wildman–Crippen MR) is 69.1 cm³/mol. The molecule has 1 heterocycles. The highest BCUT2D eigenvalue weighted by Gasteiger charge is 2.12. The summed E-state index contributed by atoms with van der Waals surface area (Å²) in [6.45, 7) is 0.589. The van der Waals surface area contributed by atoms with Gasteiger partial charge in [-0.15, -0.1) is 11.8 Å². The van der Waals surface area contributed by atoms with E-state index < -0.39 is 5.97 Å². The number of methoxy groups -OCH3 is 1. The molecule has 0 aliphatic rings. The number of carboxylic acid groups (broad SMARTS) is 1. The Bertz CT molecular complexity index is 574. The van der Waals surface area contributed by atoms with Gasteiger partial charge in [-0.2, -0.15) is 0 Å². The zero-order valence-electron chi connectivity index (χ0n) is 9.79. The molecule has 6 heteroatoms. The molecule has 18 heavy (non-hydrogen) atoms. The summed E-state index contributed by atoms with van der Waals surface area (Å²) in [5, 5.41) is 10.5. The number of carboxylic acids is 1. The van der Waals surface area contributed by atoms with Gasteiger partial charge in [-0.25, -0.2) is 14.8 Å². The lowest BCUT2D eigenvalue weighted by molar-refractivity contribution is 0.0683. The SMILES string of the molecule is COCCSc1nc(C(=O)O)nc2ccccc12. The van der Waals surface area contributed by atoms with Gasteiger partial charge in [0.05, 0.1) is 12.1 Å². The van der Waals surface area contributed by atoms with E-state index in [1.807, 2.05) is 18.2 Å². The van der Waals surface area contributed by atoms with Crippen molar-refractivity contribution in [1.29, 1.82) is 0 Å². The first-order valence-corrected chi connectivity index (χ1v) is 6.32. The molecule has 2 rings (SSSR count). The van der Waals surface area contributed by atoms with E-state index in [0.29, 0.717) is 17.1 Å². The molecule has 0 saturated carbocycles. The van der Waals surface area contributed by atoms with Gasteiger partial charge in [0.25, 0.3) is 0 Å². The molecule has 0 spiro atoms. The standard InChI is InChI=1S/C12H12N2O3S/c1-17-6-7-18-11-8-4-2-3-5-9(8)13-10(14-11)12(15)16/h2-5H,6-7H2,1H3,(H,15,16). The number of hydrogen-bond acceptors (Lipinski definition) is 5. The molecule has 0 unspecified atom stereocenters. The third-order valence-corrected chi connectivity index (χ3v) is 3.24. The second-order valence-electron chi connectivity index (χ2n) is 3.52. The fraction of sp³-hybridized carbons (Fsp3) is 0.250. The Morgan fingerprint density at radius 1 is 1.39 bits per heavy atom. The molecule has 0 amide bonds. The van der Waals surface area contributed by atoms with Crippen LogP contribution in [0.2, 0.25) is 0 Å². The first-order chi connectivity index (χ1) is 8.72. The first kappa shape index (κ1) is 12.8. The number of nitrogens with zero attached hydrogens (tertiary/aromatic N) is 2. The van der Waals surface area contributed by atoms with Crippen LogP contribution in [0.1, 0.15) is 10.6 Å². The van der Waals surface area contributed by atoms with E-state index in [1.54, 1.807) is 13.2 Å². The molecule has 1 N–H and O–H groups in total. The highest BCUT2D eigenvalue weighted by Crippen LogP contribution is 2.25. The van der Waals surface area contributed by atoms with Crippen molar-refractivity contribution in [1.82, 2.24) is 9.97 Å². The summed E-state index contributed by atoms with van der Waals surface area (Å²) in [6.07, 6.45) is 0. The smallest absolute Gasteiger partial charge is 0.373 e. The van der Waals surface area contributed by atoms with Crippen molar-refractivity contribution in [3.63, 3.8) is 0 Å². The normalized spacial score (nSPS) is 10.7. The monoisotopic (exact) mass is 264 g/mol. The molecule has 94 valence electrons. The van der Waals surface area contributed by atoms with Crippen LogP contribution in [-0.2, 0) is 4.74 Å². The van der Waals surface area contributed by atoms with Crippen LogP contribution in [0.5, 0.6) is 0 Å². The Kier molecular flexibility index (Phi) is 4.11. The van der Waals surface area contributed by atoms with Gasteiger partial charge < -0.3 is 9.84 Å². The molecule has 1 aromatic heterocycles. The largest absolute Gasteiger partial charge is 0.475 e. The molecule has 0 saturated heterocycles. The van der Waals surface area contributed by atoms with Gasteiger partial charge in [0, 0.05) is 18.2 Å². The maximum atomic E-state index is 11.0. The second kappa shape index (κ2) is 5.79. The lowest BCUT2D eigenvalue weighted by Crippen LogP contribution is -2.06. The number of fused-ring (bicyclic) bond motifs is 1. The Morgan fingerprint density at radius 3 is 2.89 bits per heavy atom. The average molecular weight is 264 g/mol. The van der Waals surface area contributed by atoms with Crippen LogP contribution in [0.4, 0.5) is 0 Å². The van der Waals surface area contributed by atoms with E-state index in [1.165, 1.54) is 11.8 Å². The number of ether oxygens (including phenoxy) is 1. The number of carbonyl (C=O) groups is 1. The average Bonchev–Trinajstić information content (AvgIpc) is 2.38. The zero-order valence-corrected chi connectivity index (χ0v) is 10.6. The molecule has 0 aliphatic heterocycles. The topological polar surface area (TPSA) is 72.3 Å². The van der Waals surface area contributed by atoms with Crippen LogP contribution in [0.25, 0.3) is 10.9 Å². The fourth-order valence-corrected chi connectivity index (χ4v) is 2.40. The van der Waals surface area contributed by atoms with E-state index in [-0.39, 0.29) is 5.82 Å². The van der Waals surface area contributed by atoms with E-state index in [0.717, 1.165) is 11.1 Å². The number of aromatic carboxylic acids is 1. The van der Waals surface area contributed by atoms with Crippen molar-refractivity contribution in [3.8, 4) is 0 Å². The van der Waals surface area contributed by atoms with Gasteiger partial charge in [0.1, 0.15) is 5.03 Å². The highest BCUT2D eigenvalue weighted by molar-refractivity contribution is 7.99. The number of hydrogen-bond donors (Lipinski definition) is 1. The summed E-state index contributed by atoms with van der Waals surface area (Å²) in [6, 6.07) is 7.37. The van der Waals surface area contributed by atoms with Crippen LogP contribution in [0.3, 0.4) is 0 Å². The summed E-state index contributed by atoms with van der Waals surface area (Å²) in [5.41, 5.74) is 0.643.